The smallest absolute Gasteiger partial charge is 0.254 e. The summed E-state index contributed by atoms with van der Waals surface area (Å²) in [4.78, 5) is 30.7. The van der Waals surface area contributed by atoms with Gasteiger partial charge in [-0.25, -0.2) is 4.98 Å². The summed E-state index contributed by atoms with van der Waals surface area (Å²) in [5.74, 6) is 0.683. The van der Waals surface area contributed by atoms with Crippen LogP contribution in [0.25, 0.3) is 11.4 Å². The number of carbonyl (C=O) groups excluding carboxylic acids is 2. The van der Waals surface area contributed by atoms with Crippen LogP contribution in [0.3, 0.4) is 0 Å². The molecular formula is C17H20N4O2. The van der Waals surface area contributed by atoms with Crippen molar-refractivity contribution in [1.29, 1.82) is 0 Å². The molecule has 120 valence electrons. The van der Waals surface area contributed by atoms with E-state index in [1.807, 2.05) is 49.0 Å². The minimum Gasteiger partial charge on any atom is -0.354 e. The van der Waals surface area contributed by atoms with Gasteiger partial charge >= 0.3 is 0 Å². The molecule has 0 unspecified atom stereocenters. The van der Waals surface area contributed by atoms with Crippen LogP contribution in [0.15, 0.2) is 36.7 Å². The zero-order valence-corrected chi connectivity index (χ0v) is 13.3. The fourth-order valence-corrected chi connectivity index (χ4v) is 2.85. The van der Waals surface area contributed by atoms with Crippen molar-refractivity contribution in [2.24, 2.45) is 7.05 Å². The van der Waals surface area contributed by atoms with Crippen LogP contribution in [-0.2, 0) is 11.8 Å². The van der Waals surface area contributed by atoms with Crippen molar-refractivity contribution in [1.82, 2.24) is 19.8 Å². The van der Waals surface area contributed by atoms with Crippen LogP contribution in [0.5, 0.6) is 0 Å². The first-order valence-electron chi connectivity index (χ1n) is 7.72. The van der Waals surface area contributed by atoms with Crippen molar-refractivity contribution >= 4 is 11.8 Å². The van der Waals surface area contributed by atoms with Crippen molar-refractivity contribution in [3.63, 3.8) is 0 Å². The van der Waals surface area contributed by atoms with Crippen molar-refractivity contribution < 1.29 is 9.59 Å². The van der Waals surface area contributed by atoms with Crippen molar-refractivity contribution in [2.75, 3.05) is 13.1 Å². The molecular weight excluding hydrogens is 292 g/mol. The van der Waals surface area contributed by atoms with Gasteiger partial charge in [-0.2, -0.15) is 0 Å². The Morgan fingerprint density at radius 1 is 1.35 bits per heavy atom. The zero-order valence-electron chi connectivity index (χ0n) is 13.3. The summed E-state index contributed by atoms with van der Waals surface area (Å²) in [5.41, 5.74) is 1.42. The Morgan fingerprint density at radius 2 is 2.13 bits per heavy atom. The van der Waals surface area contributed by atoms with Gasteiger partial charge in [0.05, 0.1) is 5.56 Å². The van der Waals surface area contributed by atoms with Crippen LogP contribution in [0.2, 0.25) is 0 Å². The molecule has 0 aliphatic carbocycles. The van der Waals surface area contributed by atoms with Gasteiger partial charge in [-0.3, -0.25) is 9.59 Å². The van der Waals surface area contributed by atoms with E-state index >= 15 is 0 Å². The fraction of sp³-hybridized carbons (Fsp3) is 0.353. The fourth-order valence-electron chi connectivity index (χ4n) is 2.85. The van der Waals surface area contributed by atoms with Gasteiger partial charge in [-0.05, 0) is 13.0 Å². The second-order valence-corrected chi connectivity index (χ2v) is 5.81. The lowest BCUT2D eigenvalue weighted by Crippen LogP contribution is -2.42. The zero-order chi connectivity index (χ0) is 16.4. The van der Waals surface area contributed by atoms with Crippen molar-refractivity contribution in [3.8, 4) is 11.4 Å². The number of hydrogen-bond acceptors (Lipinski definition) is 3. The molecule has 1 aromatic carbocycles. The van der Waals surface area contributed by atoms with E-state index in [1.54, 1.807) is 11.1 Å². The Bertz CT molecular complexity index is 738. The van der Waals surface area contributed by atoms with E-state index in [9.17, 15) is 9.59 Å². The van der Waals surface area contributed by atoms with E-state index in [2.05, 4.69) is 10.3 Å². The minimum absolute atomic E-state index is 0.00969. The van der Waals surface area contributed by atoms with E-state index in [1.165, 1.54) is 0 Å². The molecule has 0 radical (unpaired) electrons. The average Bonchev–Trinajstić information content (AvgIpc) is 2.90. The summed E-state index contributed by atoms with van der Waals surface area (Å²) < 4.78 is 1.89. The number of carbonyl (C=O) groups is 2. The monoisotopic (exact) mass is 312 g/mol. The number of benzene rings is 1. The van der Waals surface area contributed by atoms with E-state index < -0.39 is 0 Å². The highest BCUT2D eigenvalue weighted by atomic mass is 16.2. The second kappa shape index (κ2) is 6.24. The molecule has 0 saturated carbocycles. The van der Waals surface area contributed by atoms with E-state index in [0.29, 0.717) is 25.1 Å². The predicted molar refractivity (Wildman–Crippen MR) is 86.8 cm³/mol. The molecule has 1 N–H and O–H groups in total. The van der Waals surface area contributed by atoms with Crippen LogP contribution >= 0.6 is 0 Å². The first kappa shape index (κ1) is 15.3. The third kappa shape index (κ3) is 2.97. The van der Waals surface area contributed by atoms with Crippen LogP contribution in [0.4, 0.5) is 0 Å². The second-order valence-electron chi connectivity index (χ2n) is 5.81. The topological polar surface area (TPSA) is 67.2 Å². The summed E-state index contributed by atoms with van der Waals surface area (Å²) >= 11 is 0. The van der Waals surface area contributed by atoms with Gasteiger partial charge in [-0.15, -0.1) is 0 Å². The molecule has 2 aromatic rings. The molecule has 1 aliphatic rings. The summed E-state index contributed by atoms with van der Waals surface area (Å²) in [6.45, 7) is 2.86. The Morgan fingerprint density at radius 3 is 2.87 bits per heavy atom. The van der Waals surface area contributed by atoms with Gasteiger partial charge in [0, 0.05) is 50.6 Å². The number of aryl methyl sites for hydroxylation is 1. The molecule has 2 heterocycles. The highest BCUT2D eigenvalue weighted by molar-refractivity contribution is 6.00. The molecule has 6 nitrogen and oxygen atoms in total. The maximum absolute atomic E-state index is 13.0. The van der Waals surface area contributed by atoms with Crippen LogP contribution in [-0.4, -0.2) is 45.4 Å². The Kier molecular flexibility index (Phi) is 4.14. The Labute approximate surface area is 135 Å². The standard InChI is InChI=1S/C17H20N4O2/c1-12-11-19-15(22)7-9-21(12)17(23)14-6-4-3-5-13(14)16-18-8-10-20(16)2/h3-6,8,10,12H,7,9,11H2,1-2H3,(H,19,22)/t12-/m0/s1. The predicted octanol–water partition coefficient (Wildman–Crippen LogP) is 1.44. The van der Waals surface area contributed by atoms with E-state index in [4.69, 9.17) is 0 Å². The third-order valence-electron chi connectivity index (χ3n) is 4.19. The molecule has 1 atom stereocenters. The number of nitrogens with zero attached hydrogens (tertiary/aromatic N) is 3. The molecule has 1 aliphatic heterocycles. The summed E-state index contributed by atoms with van der Waals surface area (Å²) in [6.07, 6.45) is 3.90. The molecule has 3 rings (SSSR count). The molecule has 6 heteroatoms. The number of hydrogen-bond donors (Lipinski definition) is 1. The van der Waals surface area contributed by atoms with Gasteiger partial charge in [0.2, 0.25) is 5.91 Å². The number of aromatic nitrogens is 2. The van der Waals surface area contributed by atoms with Crippen LogP contribution in [0, 0.1) is 0 Å². The van der Waals surface area contributed by atoms with Crippen molar-refractivity contribution in [2.45, 2.75) is 19.4 Å². The average molecular weight is 312 g/mol. The number of imidazole rings is 1. The lowest BCUT2D eigenvalue weighted by atomic mass is 10.0. The highest BCUT2D eigenvalue weighted by Gasteiger charge is 2.27. The Balaban J connectivity index is 1.97. The minimum atomic E-state index is -0.0624. The summed E-state index contributed by atoms with van der Waals surface area (Å²) in [6, 6.07) is 7.44. The van der Waals surface area contributed by atoms with Gasteiger partial charge < -0.3 is 14.8 Å². The maximum atomic E-state index is 13.0. The number of amides is 2. The molecule has 0 spiro atoms. The maximum Gasteiger partial charge on any atom is 0.254 e. The Hall–Kier alpha value is -2.63. The van der Waals surface area contributed by atoms with Crippen LogP contribution in [0.1, 0.15) is 23.7 Å². The summed E-state index contributed by atoms with van der Waals surface area (Å²) in [7, 11) is 1.90. The van der Waals surface area contributed by atoms with Gasteiger partial charge in [0.1, 0.15) is 5.82 Å². The van der Waals surface area contributed by atoms with Crippen molar-refractivity contribution in [3.05, 3.63) is 42.2 Å². The van der Waals surface area contributed by atoms with E-state index in [-0.39, 0.29) is 17.9 Å². The third-order valence-corrected chi connectivity index (χ3v) is 4.19. The first-order valence-corrected chi connectivity index (χ1v) is 7.72. The normalized spacial score (nSPS) is 18.4. The quantitative estimate of drug-likeness (QED) is 0.912. The molecule has 0 bridgehead atoms. The largest absolute Gasteiger partial charge is 0.354 e. The SMILES string of the molecule is C[C@H]1CNC(=O)CCN1C(=O)c1ccccc1-c1nccn1C. The number of nitrogens with one attached hydrogen (secondary N) is 1. The molecule has 2 amide bonds. The molecule has 1 saturated heterocycles. The lowest BCUT2D eigenvalue weighted by molar-refractivity contribution is -0.120. The lowest BCUT2D eigenvalue weighted by Gasteiger charge is -2.27. The van der Waals surface area contributed by atoms with E-state index in [0.717, 1.165) is 11.4 Å². The molecule has 1 fully saturated rings. The highest BCUT2D eigenvalue weighted by Crippen LogP contribution is 2.24. The number of rotatable bonds is 2. The molecule has 23 heavy (non-hydrogen) atoms. The van der Waals surface area contributed by atoms with Crippen LogP contribution < -0.4 is 5.32 Å². The first-order chi connectivity index (χ1) is 11.1. The summed E-state index contributed by atoms with van der Waals surface area (Å²) in [5, 5.41) is 2.83. The van der Waals surface area contributed by atoms with Gasteiger partial charge in [-0.1, -0.05) is 18.2 Å². The molecule has 1 aromatic heterocycles. The van der Waals surface area contributed by atoms with Gasteiger partial charge in [0.25, 0.3) is 5.91 Å². The van der Waals surface area contributed by atoms with Gasteiger partial charge in [0.15, 0.2) is 0 Å².